The summed E-state index contributed by atoms with van der Waals surface area (Å²) in [6.45, 7) is 0.358. The Morgan fingerprint density at radius 2 is 1.86 bits per heavy atom. The van der Waals surface area contributed by atoms with Crippen molar-refractivity contribution < 1.29 is 14.3 Å². The van der Waals surface area contributed by atoms with Crippen LogP contribution in [0.3, 0.4) is 0 Å². The molecule has 3 rings (SSSR count). The number of rotatable bonds is 7. The predicted molar refractivity (Wildman–Crippen MR) is 116 cm³/mol. The summed E-state index contributed by atoms with van der Waals surface area (Å²) < 4.78 is 6.14. The van der Waals surface area contributed by atoms with Crippen molar-refractivity contribution in [2.75, 3.05) is 25.2 Å². The molecular formula is C21H24N2O3S2. The first-order valence-electron chi connectivity index (χ1n) is 9.11. The van der Waals surface area contributed by atoms with Gasteiger partial charge in [-0.25, -0.2) is 0 Å². The number of ether oxygens (including phenoxy) is 1. The lowest BCUT2D eigenvalue weighted by Gasteiger charge is -2.21. The number of benzene rings is 2. The van der Waals surface area contributed by atoms with E-state index < -0.39 is 5.91 Å². The summed E-state index contributed by atoms with van der Waals surface area (Å²) in [5.74, 6) is 2.49. The van der Waals surface area contributed by atoms with Crippen molar-refractivity contribution in [2.45, 2.75) is 17.5 Å². The number of amides is 2. The lowest BCUT2D eigenvalue weighted by molar-refractivity contribution is -0.132. The number of nitrogens with zero attached hydrogens (tertiary/aromatic N) is 1. The highest BCUT2D eigenvalue weighted by molar-refractivity contribution is 8.16. The van der Waals surface area contributed by atoms with E-state index in [2.05, 4.69) is 12.1 Å². The highest BCUT2D eigenvalue weighted by Crippen LogP contribution is 2.43. The summed E-state index contributed by atoms with van der Waals surface area (Å²) >= 11 is 3.96. The van der Waals surface area contributed by atoms with Crippen LogP contribution in [0, 0.1) is 0 Å². The topological polar surface area (TPSA) is 72.6 Å². The average Bonchev–Trinajstić information content (AvgIpc) is 2.73. The SMILES string of the molecule is CN(Cc1cccc(C(N)=O)c1)C(=O)COc1ccc(C2SCCCS2)cc1. The zero-order valence-corrected chi connectivity index (χ0v) is 17.4. The second kappa shape index (κ2) is 9.89. The molecule has 2 amide bonds. The molecule has 5 nitrogen and oxygen atoms in total. The zero-order valence-electron chi connectivity index (χ0n) is 15.8. The van der Waals surface area contributed by atoms with E-state index in [1.165, 1.54) is 23.5 Å². The van der Waals surface area contributed by atoms with Gasteiger partial charge < -0.3 is 15.4 Å². The first-order chi connectivity index (χ1) is 13.5. The van der Waals surface area contributed by atoms with Crippen LogP contribution >= 0.6 is 23.5 Å². The minimum atomic E-state index is -0.479. The van der Waals surface area contributed by atoms with Crippen molar-refractivity contribution in [3.63, 3.8) is 0 Å². The van der Waals surface area contributed by atoms with Gasteiger partial charge in [-0.1, -0.05) is 24.3 Å². The molecule has 2 N–H and O–H groups in total. The van der Waals surface area contributed by atoms with Gasteiger partial charge in [-0.2, -0.15) is 0 Å². The third-order valence-corrected chi connectivity index (χ3v) is 7.41. The molecule has 2 aromatic carbocycles. The maximum Gasteiger partial charge on any atom is 0.260 e. The summed E-state index contributed by atoms with van der Waals surface area (Å²) in [4.78, 5) is 25.2. The first-order valence-corrected chi connectivity index (χ1v) is 11.2. The van der Waals surface area contributed by atoms with Gasteiger partial charge in [0.25, 0.3) is 5.91 Å². The molecular weight excluding hydrogens is 392 g/mol. The van der Waals surface area contributed by atoms with E-state index in [1.54, 1.807) is 30.1 Å². The number of hydrogen-bond donors (Lipinski definition) is 1. The molecule has 0 aliphatic carbocycles. The standard InChI is InChI=1S/C21H24N2O3S2/c1-23(13-15-4-2-5-17(12-15)20(22)25)19(24)14-26-18-8-6-16(7-9-18)21-27-10-3-11-28-21/h2,4-9,12,21H,3,10-11,13-14H2,1H3,(H2,22,25). The van der Waals surface area contributed by atoms with Crippen LogP contribution in [0.25, 0.3) is 0 Å². The van der Waals surface area contributed by atoms with Crippen LogP contribution in [0.4, 0.5) is 0 Å². The Kier molecular flexibility index (Phi) is 7.28. The molecule has 0 unspecified atom stereocenters. The number of carbonyl (C=O) groups excluding carboxylic acids is 2. The molecule has 2 aromatic rings. The number of carbonyl (C=O) groups is 2. The minimum Gasteiger partial charge on any atom is -0.484 e. The Bertz CT molecular complexity index is 821. The highest BCUT2D eigenvalue weighted by atomic mass is 32.2. The average molecular weight is 417 g/mol. The Balaban J connectivity index is 1.50. The van der Waals surface area contributed by atoms with Crippen molar-refractivity contribution in [1.29, 1.82) is 0 Å². The van der Waals surface area contributed by atoms with E-state index in [-0.39, 0.29) is 12.5 Å². The van der Waals surface area contributed by atoms with Gasteiger partial charge in [0.15, 0.2) is 6.61 Å². The molecule has 1 heterocycles. The fourth-order valence-electron chi connectivity index (χ4n) is 2.84. The second-order valence-electron chi connectivity index (χ2n) is 6.60. The van der Waals surface area contributed by atoms with Gasteiger partial charge in [0, 0.05) is 19.2 Å². The van der Waals surface area contributed by atoms with Gasteiger partial charge >= 0.3 is 0 Å². The number of nitrogens with two attached hydrogens (primary N) is 1. The lowest BCUT2D eigenvalue weighted by atomic mass is 10.1. The first kappa shape index (κ1) is 20.6. The van der Waals surface area contributed by atoms with Crippen molar-refractivity contribution in [1.82, 2.24) is 4.90 Å². The molecule has 1 aliphatic heterocycles. The minimum absolute atomic E-state index is 0.0295. The molecule has 0 saturated carbocycles. The van der Waals surface area contributed by atoms with Crippen LogP contribution < -0.4 is 10.5 Å². The number of primary amides is 1. The normalized spacial score (nSPS) is 14.5. The van der Waals surface area contributed by atoms with Crippen LogP contribution in [0.5, 0.6) is 5.75 Å². The van der Waals surface area contributed by atoms with Gasteiger partial charge in [-0.15, -0.1) is 23.5 Å². The second-order valence-corrected chi connectivity index (χ2v) is 9.32. The van der Waals surface area contributed by atoms with Gasteiger partial charge in [0.1, 0.15) is 5.75 Å². The molecule has 0 atom stereocenters. The summed E-state index contributed by atoms with van der Waals surface area (Å²) in [5.41, 5.74) is 7.87. The van der Waals surface area contributed by atoms with Crippen LogP contribution in [0.2, 0.25) is 0 Å². The Morgan fingerprint density at radius 1 is 1.14 bits per heavy atom. The van der Waals surface area contributed by atoms with Crippen molar-refractivity contribution >= 4 is 35.3 Å². The summed E-state index contributed by atoms with van der Waals surface area (Å²) in [7, 11) is 1.71. The molecule has 0 aromatic heterocycles. The van der Waals surface area contributed by atoms with E-state index in [9.17, 15) is 9.59 Å². The Labute approximate surface area is 174 Å². The molecule has 0 radical (unpaired) electrons. The monoisotopic (exact) mass is 416 g/mol. The van der Waals surface area contributed by atoms with Crippen LogP contribution in [-0.4, -0.2) is 41.9 Å². The van der Waals surface area contributed by atoms with E-state index in [4.69, 9.17) is 10.5 Å². The zero-order chi connectivity index (χ0) is 19.9. The fourth-order valence-corrected chi connectivity index (χ4v) is 5.74. The molecule has 148 valence electrons. The van der Waals surface area contributed by atoms with Gasteiger partial charge in [-0.05, 0) is 53.3 Å². The van der Waals surface area contributed by atoms with E-state index >= 15 is 0 Å². The third-order valence-electron chi connectivity index (χ3n) is 4.40. The van der Waals surface area contributed by atoms with E-state index in [0.717, 1.165) is 5.56 Å². The fraction of sp³-hybridized carbons (Fsp3) is 0.333. The molecule has 0 bridgehead atoms. The molecule has 1 aliphatic rings. The maximum atomic E-state index is 12.4. The highest BCUT2D eigenvalue weighted by Gasteiger charge is 2.16. The van der Waals surface area contributed by atoms with E-state index in [0.29, 0.717) is 22.4 Å². The Hall–Kier alpha value is -2.12. The summed E-state index contributed by atoms with van der Waals surface area (Å²) in [6.07, 6.45) is 1.27. The van der Waals surface area contributed by atoms with Gasteiger partial charge in [0.2, 0.25) is 5.91 Å². The van der Waals surface area contributed by atoms with E-state index in [1.807, 2.05) is 41.7 Å². The van der Waals surface area contributed by atoms with Crippen LogP contribution in [-0.2, 0) is 11.3 Å². The largest absolute Gasteiger partial charge is 0.484 e. The summed E-state index contributed by atoms with van der Waals surface area (Å²) in [5, 5.41) is 0. The number of thioether (sulfide) groups is 2. The molecule has 0 spiro atoms. The van der Waals surface area contributed by atoms with Gasteiger partial charge in [-0.3, -0.25) is 9.59 Å². The molecule has 7 heteroatoms. The van der Waals surface area contributed by atoms with Crippen molar-refractivity contribution in [3.05, 3.63) is 65.2 Å². The van der Waals surface area contributed by atoms with Gasteiger partial charge in [0.05, 0.1) is 4.58 Å². The van der Waals surface area contributed by atoms with Crippen LogP contribution in [0.1, 0.15) is 32.5 Å². The summed E-state index contributed by atoms with van der Waals surface area (Å²) in [6, 6.07) is 15.0. The quantitative estimate of drug-likeness (QED) is 0.745. The Morgan fingerprint density at radius 3 is 2.54 bits per heavy atom. The molecule has 28 heavy (non-hydrogen) atoms. The number of hydrogen-bond acceptors (Lipinski definition) is 5. The van der Waals surface area contributed by atoms with Crippen molar-refractivity contribution in [2.24, 2.45) is 5.73 Å². The van der Waals surface area contributed by atoms with Crippen molar-refractivity contribution in [3.8, 4) is 5.75 Å². The lowest BCUT2D eigenvalue weighted by Crippen LogP contribution is -2.31. The number of likely N-dealkylation sites (N-methyl/N-ethyl adjacent to an activating group) is 1. The molecule has 1 fully saturated rings. The maximum absolute atomic E-state index is 12.4. The smallest absolute Gasteiger partial charge is 0.260 e. The molecule has 1 saturated heterocycles. The third kappa shape index (κ3) is 5.69. The predicted octanol–water partition coefficient (Wildman–Crippen LogP) is 3.69. The van der Waals surface area contributed by atoms with Crippen LogP contribution in [0.15, 0.2) is 48.5 Å².